The fourth-order valence-corrected chi connectivity index (χ4v) is 3.23. The third kappa shape index (κ3) is 3.90. The number of carbonyl (C=O) groups is 2. The van der Waals surface area contributed by atoms with E-state index in [1.165, 1.54) is 11.8 Å². The minimum absolute atomic E-state index is 0.172. The lowest BCUT2D eigenvalue weighted by atomic mass is 10.1. The first-order chi connectivity index (χ1) is 11.5. The Hall–Kier alpha value is -2.44. The Morgan fingerprint density at radius 2 is 1.96 bits per heavy atom. The maximum Gasteiger partial charge on any atom is 0.263 e. The molecule has 1 fully saturated rings. The van der Waals surface area contributed by atoms with Crippen LogP contribution in [0.25, 0.3) is 6.08 Å². The average Bonchev–Trinajstić information content (AvgIpc) is 2.86. The molecule has 3 rings (SSSR count). The minimum Gasteiger partial charge on any atom is -0.322 e. The van der Waals surface area contributed by atoms with Crippen LogP contribution in [0.5, 0.6) is 0 Å². The molecule has 24 heavy (non-hydrogen) atoms. The lowest BCUT2D eigenvalue weighted by Gasteiger charge is -2.06. The highest BCUT2D eigenvalue weighted by Crippen LogP contribution is 2.26. The van der Waals surface area contributed by atoms with Crippen molar-refractivity contribution in [3.8, 4) is 0 Å². The van der Waals surface area contributed by atoms with E-state index in [9.17, 15) is 9.59 Å². The van der Waals surface area contributed by atoms with E-state index >= 15 is 0 Å². The van der Waals surface area contributed by atoms with Crippen molar-refractivity contribution >= 4 is 51.9 Å². The van der Waals surface area contributed by atoms with Crippen molar-refractivity contribution in [3.05, 3.63) is 70.1 Å². The van der Waals surface area contributed by atoms with Gasteiger partial charge in [-0.3, -0.25) is 9.59 Å². The lowest BCUT2D eigenvalue weighted by Crippen LogP contribution is -2.17. The molecule has 1 aliphatic heterocycles. The molecule has 2 amide bonds. The number of amides is 2. The highest BCUT2D eigenvalue weighted by Gasteiger charge is 2.21. The van der Waals surface area contributed by atoms with Gasteiger partial charge in [0, 0.05) is 11.3 Å². The summed E-state index contributed by atoms with van der Waals surface area (Å²) in [6.07, 6.45) is 1.75. The van der Waals surface area contributed by atoms with E-state index in [0.29, 0.717) is 20.5 Å². The summed E-state index contributed by atoms with van der Waals surface area (Å²) in [6.45, 7) is 1.97. The summed E-state index contributed by atoms with van der Waals surface area (Å²) in [5.74, 6) is -0.368. The van der Waals surface area contributed by atoms with Gasteiger partial charge >= 0.3 is 0 Å². The minimum atomic E-state index is -0.195. The number of hydrogen-bond acceptors (Lipinski definition) is 4. The Kier molecular flexibility index (Phi) is 4.78. The van der Waals surface area contributed by atoms with E-state index in [-0.39, 0.29) is 11.8 Å². The van der Waals surface area contributed by atoms with Crippen molar-refractivity contribution in [1.29, 1.82) is 0 Å². The highest BCUT2D eigenvalue weighted by atomic mass is 32.2. The van der Waals surface area contributed by atoms with Gasteiger partial charge in [-0.1, -0.05) is 53.8 Å². The van der Waals surface area contributed by atoms with E-state index in [1.807, 2.05) is 37.3 Å². The number of thioether (sulfide) groups is 1. The van der Waals surface area contributed by atoms with Crippen molar-refractivity contribution in [2.75, 3.05) is 5.32 Å². The first-order valence-electron chi connectivity index (χ1n) is 7.24. The predicted octanol–water partition coefficient (Wildman–Crippen LogP) is 3.74. The topological polar surface area (TPSA) is 58.2 Å². The van der Waals surface area contributed by atoms with Crippen LogP contribution in [0.3, 0.4) is 0 Å². The molecule has 1 saturated heterocycles. The second-order valence-electron chi connectivity index (χ2n) is 5.30. The van der Waals surface area contributed by atoms with Gasteiger partial charge in [0.25, 0.3) is 11.8 Å². The summed E-state index contributed by atoms with van der Waals surface area (Å²) >= 11 is 6.20. The molecule has 0 bridgehead atoms. The summed E-state index contributed by atoms with van der Waals surface area (Å²) in [5.41, 5.74) is 3.19. The quantitative estimate of drug-likeness (QED) is 0.651. The number of nitrogens with one attached hydrogen (secondary N) is 2. The molecule has 1 heterocycles. The van der Waals surface area contributed by atoms with Gasteiger partial charge in [0.15, 0.2) is 0 Å². The lowest BCUT2D eigenvalue weighted by molar-refractivity contribution is -0.115. The molecule has 4 nitrogen and oxygen atoms in total. The van der Waals surface area contributed by atoms with Gasteiger partial charge in [0.05, 0.1) is 4.91 Å². The third-order valence-electron chi connectivity index (χ3n) is 3.40. The zero-order valence-electron chi connectivity index (χ0n) is 12.8. The standard InChI is InChI=1S/C18H14N2O2S2/c1-11-5-7-13(8-6-11)16(21)19-14-4-2-3-12(9-14)10-15-17(22)20-18(23)24-15/h2-10H,1H3,(H,19,21)(H,20,22,23)/b15-10-. The first-order valence-corrected chi connectivity index (χ1v) is 8.47. The second-order valence-corrected chi connectivity index (χ2v) is 7.02. The van der Waals surface area contributed by atoms with Crippen LogP contribution >= 0.6 is 24.0 Å². The maximum atomic E-state index is 12.3. The third-order valence-corrected chi connectivity index (χ3v) is 4.56. The largest absolute Gasteiger partial charge is 0.322 e. The monoisotopic (exact) mass is 354 g/mol. The van der Waals surface area contributed by atoms with Crippen molar-refractivity contribution in [2.45, 2.75) is 6.92 Å². The van der Waals surface area contributed by atoms with Crippen molar-refractivity contribution in [2.24, 2.45) is 0 Å². The Labute approximate surface area is 149 Å². The highest BCUT2D eigenvalue weighted by molar-refractivity contribution is 8.26. The van der Waals surface area contributed by atoms with Gasteiger partial charge in [-0.2, -0.15) is 0 Å². The molecule has 0 spiro atoms. The zero-order valence-corrected chi connectivity index (χ0v) is 14.5. The predicted molar refractivity (Wildman–Crippen MR) is 102 cm³/mol. The summed E-state index contributed by atoms with van der Waals surface area (Å²) in [7, 11) is 0. The molecule has 0 unspecified atom stereocenters. The average molecular weight is 354 g/mol. The van der Waals surface area contributed by atoms with Gasteiger partial charge in [0.2, 0.25) is 0 Å². The van der Waals surface area contributed by atoms with Crippen LogP contribution in [0.4, 0.5) is 5.69 Å². The molecule has 2 aromatic carbocycles. The van der Waals surface area contributed by atoms with E-state index in [0.717, 1.165) is 11.1 Å². The molecule has 0 radical (unpaired) electrons. The van der Waals surface area contributed by atoms with Gasteiger partial charge < -0.3 is 10.6 Å². The SMILES string of the molecule is Cc1ccc(C(=O)Nc2cccc(/C=C3\SC(=S)NC3=O)c2)cc1. The normalized spacial score (nSPS) is 15.5. The molecule has 120 valence electrons. The fraction of sp³-hybridized carbons (Fsp3) is 0.0556. The smallest absolute Gasteiger partial charge is 0.263 e. The van der Waals surface area contributed by atoms with Crippen molar-refractivity contribution in [1.82, 2.24) is 5.32 Å². The molecule has 0 atom stereocenters. The summed E-state index contributed by atoms with van der Waals surface area (Å²) in [6, 6.07) is 14.7. The van der Waals surface area contributed by atoms with Crippen LogP contribution < -0.4 is 10.6 Å². The van der Waals surface area contributed by atoms with Crippen molar-refractivity contribution < 1.29 is 9.59 Å². The van der Waals surface area contributed by atoms with Crippen LogP contribution in [-0.4, -0.2) is 16.1 Å². The van der Waals surface area contributed by atoms with Gasteiger partial charge in [-0.05, 0) is 42.8 Å². The van der Waals surface area contributed by atoms with Gasteiger partial charge in [-0.25, -0.2) is 0 Å². The number of rotatable bonds is 3. The number of aryl methyl sites for hydroxylation is 1. The van der Waals surface area contributed by atoms with Crippen LogP contribution in [0.2, 0.25) is 0 Å². The zero-order chi connectivity index (χ0) is 17.1. The molecule has 6 heteroatoms. The maximum absolute atomic E-state index is 12.3. The summed E-state index contributed by atoms with van der Waals surface area (Å²) in [5, 5.41) is 5.44. The van der Waals surface area contributed by atoms with E-state index in [4.69, 9.17) is 12.2 Å². The molecule has 1 aliphatic rings. The van der Waals surface area contributed by atoms with Crippen LogP contribution in [0.15, 0.2) is 53.4 Å². The number of anilines is 1. The molecule has 2 aromatic rings. The Morgan fingerprint density at radius 3 is 2.62 bits per heavy atom. The Bertz CT molecular complexity index is 858. The molecule has 0 aliphatic carbocycles. The first kappa shape index (κ1) is 16.4. The molecular weight excluding hydrogens is 340 g/mol. The molecule has 0 aromatic heterocycles. The number of benzene rings is 2. The summed E-state index contributed by atoms with van der Waals surface area (Å²) in [4.78, 5) is 24.5. The van der Waals surface area contributed by atoms with Crippen LogP contribution in [-0.2, 0) is 4.79 Å². The Morgan fingerprint density at radius 1 is 1.21 bits per heavy atom. The molecule has 0 saturated carbocycles. The Balaban J connectivity index is 1.77. The fourth-order valence-electron chi connectivity index (χ4n) is 2.19. The van der Waals surface area contributed by atoms with Gasteiger partial charge in [-0.15, -0.1) is 0 Å². The molecular formula is C18H14N2O2S2. The number of thiocarbonyl (C=S) groups is 1. The molecule has 2 N–H and O–H groups in total. The summed E-state index contributed by atoms with van der Waals surface area (Å²) < 4.78 is 0.454. The van der Waals surface area contributed by atoms with E-state index in [2.05, 4.69) is 10.6 Å². The van der Waals surface area contributed by atoms with E-state index in [1.54, 1.807) is 24.3 Å². The van der Waals surface area contributed by atoms with Crippen LogP contribution in [0, 0.1) is 6.92 Å². The van der Waals surface area contributed by atoms with E-state index < -0.39 is 0 Å². The second kappa shape index (κ2) is 6.98. The van der Waals surface area contributed by atoms with Gasteiger partial charge in [0.1, 0.15) is 4.32 Å². The van der Waals surface area contributed by atoms with Crippen LogP contribution in [0.1, 0.15) is 21.5 Å². The number of hydrogen-bond donors (Lipinski definition) is 2. The number of carbonyl (C=O) groups excluding carboxylic acids is 2. The van der Waals surface area contributed by atoms with Crippen molar-refractivity contribution in [3.63, 3.8) is 0 Å².